The third-order valence-electron chi connectivity index (χ3n) is 3.36. The number of carbonyl (C=O) groups is 1. The summed E-state index contributed by atoms with van der Waals surface area (Å²) in [5.41, 5.74) is 0.538. The van der Waals surface area contributed by atoms with Crippen LogP contribution in [0.5, 0.6) is 0 Å². The largest absolute Gasteiger partial charge is 0.467 e. The molecule has 0 saturated heterocycles. The van der Waals surface area contributed by atoms with Gasteiger partial charge in [-0.2, -0.15) is 0 Å². The van der Waals surface area contributed by atoms with Gasteiger partial charge in [0.25, 0.3) is 5.56 Å². The average Bonchev–Trinajstić information content (AvgIpc) is 3.11. The Hall–Kier alpha value is -2.02. The highest BCUT2D eigenvalue weighted by molar-refractivity contribution is 7.99. The van der Waals surface area contributed by atoms with Crippen molar-refractivity contribution in [2.45, 2.75) is 31.1 Å². The molecule has 0 bridgehead atoms. The molecule has 110 valence electrons. The molecule has 0 aliphatic carbocycles. The lowest BCUT2D eigenvalue weighted by Gasteiger charge is -2.13. The van der Waals surface area contributed by atoms with E-state index in [1.807, 2.05) is 0 Å². The zero-order chi connectivity index (χ0) is 14.8. The van der Waals surface area contributed by atoms with E-state index in [2.05, 4.69) is 10.3 Å². The van der Waals surface area contributed by atoms with E-state index < -0.39 is 0 Å². The number of nitrogens with one attached hydrogen (secondary N) is 1. The fourth-order valence-corrected chi connectivity index (χ4v) is 3.36. The predicted octanol–water partition coefficient (Wildman–Crippen LogP) is 1.50. The topological polar surface area (TPSA) is 77.1 Å². The lowest BCUT2D eigenvalue weighted by Crippen LogP contribution is -2.31. The van der Waals surface area contributed by atoms with Gasteiger partial charge in [-0.3, -0.25) is 14.2 Å². The van der Waals surface area contributed by atoms with Crippen molar-refractivity contribution in [1.29, 1.82) is 0 Å². The number of aromatic nitrogens is 2. The number of amides is 1. The summed E-state index contributed by atoms with van der Waals surface area (Å²) in [5.74, 6) is 1.30. The molecule has 0 aromatic carbocycles. The van der Waals surface area contributed by atoms with Gasteiger partial charge in [-0.25, -0.2) is 4.98 Å². The van der Waals surface area contributed by atoms with Crippen LogP contribution in [0.3, 0.4) is 0 Å². The monoisotopic (exact) mass is 305 g/mol. The zero-order valence-corrected chi connectivity index (χ0v) is 12.4. The summed E-state index contributed by atoms with van der Waals surface area (Å²) in [7, 11) is 0. The third kappa shape index (κ3) is 2.87. The van der Waals surface area contributed by atoms with Crippen LogP contribution in [0.4, 0.5) is 0 Å². The predicted molar refractivity (Wildman–Crippen MR) is 78.2 cm³/mol. The van der Waals surface area contributed by atoms with E-state index in [1.54, 1.807) is 36.1 Å². The molecule has 2 aromatic rings. The fourth-order valence-electron chi connectivity index (χ4n) is 2.26. The van der Waals surface area contributed by atoms with E-state index >= 15 is 0 Å². The molecule has 3 rings (SSSR count). The second-order valence-corrected chi connectivity index (χ2v) is 5.91. The summed E-state index contributed by atoms with van der Waals surface area (Å²) < 4.78 is 6.79. The van der Waals surface area contributed by atoms with Gasteiger partial charge in [-0.1, -0.05) is 11.8 Å². The number of carbonyl (C=O) groups excluding carboxylic acids is 1. The zero-order valence-electron chi connectivity index (χ0n) is 11.5. The maximum Gasteiger partial charge on any atom is 0.257 e. The molecular weight excluding hydrogens is 290 g/mol. The second-order valence-electron chi connectivity index (χ2n) is 4.92. The van der Waals surface area contributed by atoms with Gasteiger partial charge in [-0.15, -0.1) is 0 Å². The lowest BCUT2D eigenvalue weighted by atomic mass is 10.2. The Balaban J connectivity index is 1.66. The lowest BCUT2D eigenvalue weighted by molar-refractivity contribution is -0.122. The van der Waals surface area contributed by atoms with E-state index in [-0.39, 0.29) is 23.9 Å². The molecule has 7 heteroatoms. The van der Waals surface area contributed by atoms with Crippen molar-refractivity contribution < 1.29 is 9.21 Å². The molecule has 1 N–H and O–H groups in total. The van der Waals surface area contributed by atoms with Crippen LogP contribution in [0, 0.1) is 6.92 Å². The molecule has 1 aliphatic heterocycles. The van der Waals surface area contributed by atoms with Crippen LogP contribution in [-0.2, 0) is 11.3 Å². The van der Waals surface area contributed by atoms with Gasteiger partial charge in [0, 0.05) is 23.9 Å². The van der Waals surface area contributed by atoms with Crippen LogP contribution in [0.2, 0.25) is 0 Å². The first-order chi connectivity index (χ1) is 10.1. The van der Waals surface area contributed by atoms with Crippen molar-refractivity contribution in [3.63, 3.8) is 0 Å². The van der Waals surface area contributed by atoms with Gasteiger partial charge in [0.2, 0.25) is 5.91 Å². The Morgan fingerprint density at radius 2 is 2.48 bits per heavy atom. The molecule has 21 heavy (non-hydrogen) atoms. The van der Waals surface area contributed by atoms with E-state index in [1.165, 1.54) is 11.8 Å². The van der Waals surface area contributed by atoms with E-state index in [0.29, 0.717) is 28.8 Å². The number of furan rings is 1. The number of thioether (sulfide) groups is 1. The number of aryl methyl sites for hydroxylation is 1. The van der Waals surface area contributed by atoms with Crippen molar-refractivity contribution in [3.8, 4) is 0 Å². The molecule has 6 nitrogen and oxygen atoms in total. The number of nitrogens with zero attached hydrogens (tertiary/aromatic N) is 2. The molecule has 3 heterocycles. The summed E-state index contributed by atoms with van der Waals surface area (Å²) in [6.45, 7) is 2.10. The molecule has 0 fully saturated rings. The average molecular weight is 305 g/mol. The molecule has 1 atom stereocenters. The van der Waals surface area contributed by atoms with Crippen molar-refractivity contribution >= 4 is 17.7 Å². The van der Waals surface area contributed by atoms with Crippen molar-refractivity contribution in [3.05, 3.63) is 46.3 Å². The van der Waals surface area contributed by atoms with Crippen LogP contribution in [-0.4, -0.2) is 21.2 Å². The Labute approximate surface area is 125 Å². The summed E-state index contributed by atoms with van der Waals surface area (Å²) in [6.07, 6.45) is 3.42. The first-order valence-electron chi connectivity index (χ1n) is 6.65. The number of fused-ring (bicyclic) bond motifs is 1. The van der Waals surface area contributed by atoms with Gasteiger partial charge in [-0.05, 0) is 19.1 Å². The summed E-state index contributed by atoms with van der Waals surface area (Å²) >= 11 is 1.51. The minimum absolute atomic E-state index is 0.0613. The molecular formula is C14H15N3O3S. The van der Waals surface area contributed by atoms with Gasteiger partial charge < -0.3 is 9.73 Å². The van der Waals surface area contributed by atoms with E-state index in [4.69, 9.17) is 4.42 Å². The first kappa shape index (κ1) is 13.9. The quantitative estimate of drug-likeness (QED) is 0.866. The Bertz CT molecular complexity index is 709. The van der Waals surface area contributed by atoms with E-state index in [9.17, 15) is 9.59 Å². The van der Waals surface area contributed by atoms with E-state index in [0.717, 1.165) is 0 Å². The number of hydrogen-bond donors (Lipinski definition) is 1. The van der Waals surface area contributed by atoms with Crippen LogP contribution >= 0.6 is 11.8 Å². The van der Waals surface area contributed by atoms with Crippen LogP contribution in [0.25, 0.3) is 0 Å². The van der Waals surface area contributed by atoms with Gasteiger partial charge in [0.05, 0.1) is 18.8 Å². The van der Waals surface area contributed by atoms with Crippen LogP contribution in [0.15, 0.2) is 39.0 Å². The van der Waals surface area contributed by atoms with Crippen molar-refractivity contribution in [2.75, 3.05) is 5.75 Å². The highest BCUT2D eigenvalue weighted by Crippen LogP contribution is 2.31. The standard InChI is InChI=1S/C14H15N3O3S/c1-9-6-16-14-17(13(9)19)10(8-21-14)5-12(18)15-7-11-3-2-4-20-11/h2-4,6,10H,5,7-8H2,1H3,(H,15,18)/t10-/m0/s1. The van der Waals surface area contributed by atoms with Crippen LogP contribution in [0.1, 0.15) is 23.8 Å². The Kier molecular flexibility index (Phi) is 3.83. The molecule has 0 radical (unpaired) electrons. The number of rotatable bonds is 4. The summed E-state index contributed by atoms with van der Waals surface area (Å²) in [4.78, 5) is 28.4. The van der Waals surface area contributed by atoms with Gasteiger partial charge >= 0.3 is 0 Å². The molecule has 1 aliphatic rings. The minimum Gasteiger partial charge on any atom is -0.467 e. The smallest absolute Gasteiger partial charge is 0.257 e. The minimum atomic E-state index is -0.137. The molecule has 1 amide bonds. The fraction of sp³-hybridized carbons (Fsp3) is 0.357. The van der Waals surface area contributed by atoms with Gasteiger partial charge in [0.1, 0.15) is 5.76 Å². The summed E-state index contributed by atoms with van der Waals surface area (Å²) in [6, 6.07) is 3.44. The van der Waals surface area contributed by atoms with Crippen LogP contribution < -0.4 is 10.9 Å². The first-order valence-corrected chi connectivity index (χ1v) is 7.63. The van der Waals surface area contributed by atoms with Crippen molar-refractivity contribution in [2.24, 2.45) is 0 Å². The second kappa shape index (κ2) is 5.77. The number of hydrogen-bond acceptors (Lipinski definition) is 5. The molecule has 0 saturated carbocycles. The molecule has 2 aromatic heterocycles. The Morgan fingerprint density at radius 3 is 3.24 bits per heavy atom. The molecule has 0 unspecified atom stereocenters. The third-order valence-corrected chi connectivity index (χ3v) is 4.47. The van der Waals surface area contributed by atoms with Gasteiger partial charge in [0.15, 0.2) is 5.16 Å². The highest BCUT2D eigenvalue weighted by Gasteiger charge is 2.27. The highest BCUT2D eigenvalue weighted by atomic mass is 32.2. The van der Waals surface area contributed by atoms with Crippen molar-refractivity contribution in [1.82, 2.24) is 14.9 Å². The Morgan fingerprint density at radius 1 is 1.62 bits per heavy atom. The maximum atomic E-state index is 12.2. The summed E-state index contributed by atoms with van der Waals surface area (Å²) in [5, 5.41) is 3.49. The molecule has 0 spiro atoms. The maximum absolute atomic E-state index is 12.2. The normalized spacial score (nSPS) is 16.7. The SMILES string of the molecule is Cc1cnc2n(c1=O)[C@@H](CC(=O)NCc1ccco1)CS2.